The molecule has 0 aliphatic rings. The fourth-order valence-electron chi connectivity index (χ4n) is 3.72. The van der Waals surface area contributed by atoms with Gasteiger partial charge in [-0.25, -0.2) is 0 Å². The Morgan fingerprint density at radius 1 is 0.565 bits per heavy atom. The molecule has 0 aromatic carbocycles. The number of hydrogen-bond donors (Lipinski definition) is 1. The summed E-state index contributed by atoms with van der Waals surface area (Å²) in [5, 5.41) is 9.72. The maximum absolute atomic E-state index is 9.72. The molecule has 0 radical (unpaired) electrons. The van der Waals surface area contributed by atoms with Crippen LogP contribution in [0.25, 0.3) is 0 Å². The number of aliphatic hydroxyl groups excluding tert-OH is 1. The first-order valence-corrected chi connectivity index (χ1v) is 14.3. The van der Waals surface area contributed by atoms with Gasteiger partial charge in [-0.2, -0.15) is 0 Å². The molecule has 0 heterocycles. The van der Waals surface area contributed by atoms with E-state index in [0.717, 1.165) is 6.16 Å². The van der Waals surface area contributed by atoms with Gasteiger partial charge in [0.2, 0.25) is 0 Å². The zero-order valence-electron chi connectivity index (χ0n) is 16.3. The molecule has 142 valence electrons. The molecule has 0 saturated carbocycles. The zero-order valence-corrected chi connectivity index (χ0v) is 17.9. The molecular formula is C20H44ClOP. The number of hydrogen-bond acceptors (Lipinski definition) is 1. The van der Waals surface area contributed by atoms with E-state index in [4.69, 9.17) is 11.2 Å². The first kappa shape index (κ1) is 23.7. The molecule has 0 spiro atoms. The van der Waals surface area contributed by atoms with E-state index in [0.29, 0.717) is 0 Å². The van der Waals surface area contributed by atoms with Crippen LogP contribution in [0.15, 0.2) is 0 Å². The summed E-state index contributed by atoms with van der Waals surface area (Å²) in [4.78, 5) is 0. The minimum absolute atomic E-state index is 0.288. The third kappa shape index (κ3) is 11.0. The van der Waals surface area contributed by atoms with Gasteiger partial charge in [-0.05, 0) is 0 Å². The molecule has 0 atom stereocenters. The Labute approximate surface area is 151 Å². The molecule has 1 nitrogen and oxygen atoms in total. The molecule has 0 aromatic rings. The Morgan fingerprint density at radius 2 is 0.913 bits per heavy atom. The van der Waals surface area contributed by atoms with Crippen molar-refractivity contribution < 1.29 is 5.11 Å². The molecule has 0 fully saturated rings. The predicted octanol–water partition coefficient (Wildman–Crippen LogP) is 7.43. The third-order valence-corrected chi connectivity index (χ3v) is 13.0. The summed E-state index contributed by atoms with van der Waals surface area (Å²) in [6, 6.07) is 0. The zero-order chi connectivity index (χ0) is 17.5. The Hall–Kier alpha value is 0.680. The van der Waals surface area contributed by atoms with Crippen molar-refractivity contribution in [2.75, 3.05) is 31.3 Å². The van der Waals surface area contributed by atoms with E-state index in [9.17, 15) is 5.11 Å². The Balaban J connectivity index is 4.74. The fraction of sp³-hybridized carbons (Fsp3) is 1.00. The van der Waals surface area contributed by atoms with Gasteiger partial charge in [-0.15, -0.1) is 0 Å². The first-order valence-electron chi connectivity index (χ1n) is 10.4. The molecule has 0 bridgehead atoms. The van der Waals surface area contributed by atoms with Gasteiger partial charge in [0, 0.05) is 0 Å². The van der Waals surface area contributed by atoms with Gasteiger partial charge in [-0.3, -0.25) is 0 Å². The van der Waals surface area contributed by atoms with Crippen LogP contribution in [-0.2, 0) is 0 Å². The van der Waals surface area contributed by atoms with Crippen LogP contribution in [-0.4, -0.2) is 36.4 Å². The van der Waals surface area contributed by atoms with Crippen LogP contribution in [0.3, 0.4) is 0 Å². The van der Waals surface area contributed by atoms with Gasteiger partial charge in [0.1, 0.15) is 0 Å². The second-order valence-corrected chi connectivity index (χ2v) is 15.9. The summed E-state index contributed by atoms with van der Waals surface area (Å²) in [5.74, 6) is -2.21. The average Bonchev–Trinajstić information content (AvgIpc) is 2.54. The molecule has 1 N–H and O–H groups in total. The first-order chi connectivity index (χ1) is 11.0. The Bertz CT molecular complexity index is 236. The van der Waals surface area contributed by atoms with Gasteiger partial charge in [0.25, 0.3) is 0 Å². The van der Waals surface area contributed by atoms with E-state index >= 15 is 0 Å². The second kappa shape index (κ2) is 13.9. The minimum atomic E-state index is -2.21. The van der Waals surface area contributed by atoms with E-state index in [1.165, 1.54) is 95.5 Å². The molecule has 0 aliphatic carbocycles. The van der Waals surface area contributed by atoms with Crippen molar-refractivity contribution in [2.24, 2.45) is 0 Å². The topological polar surface area (TPSA) is 20.2 Å². The second-order valence-electron chi connectivity index (χ2n) is 7.62. The molecule has 3 heteroatoms. The predicted molar refractivity (Wildman–Crippen MR) is 112 cm³/mol. The monoisotopic (exact) mass is 366 g/mol. The standard InChI is InChI=1S/C20H44ClOP/c1-4-7-10-13-17-23(21,20-16-22,18-14-11-8-5-2)19-15-12-9-6-3/h22H,4-20H2,1-3H3. The van der Waals surface area contributed by atoms with E-state index in [2.05, 4.69) is 20.8 Å². The van der Waals surface area contributed by atoms with Gasteiger partial charge < -0.3 is 0 Å². The van der Waals surface area contributed by atoms with E-state index in [1.54, 1.807) is 0 Å². The van der Waals surface area contributed by atoms with Crippen molar-refractivity contribution in [1.29, 1.82) is 0 Å². The van der Waals surface area contributed by atoms with Crippen LogP contribution in [0.2, 0.25) is 0 Å². The number of halogens is 1. The summed E-state index contributed by atoms with van der Waals surface area (Å²) < 4.78 is 0. The van der Waals surface area contributed by atoms with E-state index in [-0.39, 0.29) is 6.61 Å². The summed E-state index contributed by atoms with van der Waals surface area (Å²) in [6.45, 7) is 7.09. The molecule has 0 amide bonds. The number of unbranched alkanes of at least 4 members (excludes halogenated alkanes) is 9. The van der Waals surface area contributed by atoms with Crippen LogP contribution in [0.5, 0.6) is 0 Å². The third-order valence-electron chi connectivity index (χ3n) is 5.37. The Morgan fingerprint density at radius 3 is 1.17 bits per heavy atom. The normalized spacial score (nSPS) is 13.9. The summed E-state index contributed by atoms with van der Waals surface area (Å²) in [6.07, 6.45) is 20.1. The average molecular weight is 367 g/mol. The quantitative estimate of drug-likeness (QED) is 0.209. The van der Waals surface area contributed by atoms with Gasteiger partial charge in [0.15, 0.2) is 0 Å². The maximum atomic E-state index is 9.72. The Kier molecular flexibility index (Phi) is 14.3. The molecule has 0 aromatic heterocycles. The summed E-state index contributed by atoms with van der Waals surface area (Å²) >= 11 is 7.51. The molecule has 0 unspecified atom stereocenters. The van der Waals surface area contributed by atoms with Crippen LogP contribution in [0, 0.1) is 0 Å². The van der Waals surface area contributed by atoms with Gasteiger partial charge in [0.05, 0.1) is 0 Å². The molecule has 0 saturated heterocycles. The number of aliphatic hydroxyl groups is 1. The van der Waals surface area contributed by atoms with E-state index in [1.807, 2.05) is 0 Å². The van der Waals surface area contributed by atoms with Crippen molar-refractivity contribution in [3.8, 4) is 0 Å². The SMILES string of the molecule is CCCCCCP(Cl)(CCO)(CCCCCC)CCCCCC. The number of rotatable bonds is 17. The van der Waals surface area contributed by atoms with Gasteiger partial charge >= 0.3 is 151 Å². The summed E-state index contributed by atoms with van der Waals surface area (Å²) in [5.41, 5.74) is 0. The van der Waals surface area contributed by atoms with Gasteiger partial charge in [-0.1, -0.05) is 0 Å². The molecule has 0 rings (SSSR count). The summed E-state index contributed by atoms with van der Waals surface area (Å²) in [7, 11) is 0. The van der Waals surface area contributed by atoms with Crippen LogP contribution in [0.1, 0.15) is 97.8 Å². The van der Waals surface area contributed by atoms with Crippen LogP contribution in [0.4, 0.5) is 0 Å². The molecule has 23 heavy (non-hydrogen) atoms. The van der Waals surface area contributed by atoms with Crippen molar-refractivity contribution >= 4 is 17.2 Å². The molecule has 0 aliphatic heterocycles. The van der Waals surface area contributed by atoms with Crippen LogP contribution < -0.4 is 0 Å². The van der Waals surface area contributed by atoms with Crippen molar-refractivity contribution in [3.63, 3.8) is 0 Å². The van der Waals surface area contributed by atoms with E-state index < -0.39 is 5.96 Å². The fourth-order valence-corrected chi connectivity index (χ4v) is 9.91. The molecular weight excluding hydrogens is 323 g/mol. The van der Waals surface area contributed by atoms with Crippen LogP contribution >= 0.6 is 17.2 Å². The van der Waals surface area contributed by atoms with Crippen molar-refractivity contribution in [2.45, 2.75) is 97.8 Å². The van der Waals surface area contributed by atoms with Crippen molar-refractivity contribution in [3.05, 3.63) is 0 Å². The van der Waals surface area contributed by atoms with Crippen molar-refractivity contribution in [1.82, 2.24) is 0 Å².